The van der Waals surface area contributed by atoms with Crippen molar-refractivity contribution in [1.29, 1.82) is 0 Å². The summed E-state index contributed by atoms with van der Waals surface area (Å²) < 4.78 is 59.1. The lowest BCUT2D eigenvalue weighted by molar-refractivity contribution is 0.130. The van der Waals surface area contributed by atoms with E-state index in [9.17, 15) is 16.8 Å². The van der Waals surface area contributed by atoms with E-state index in [1.54, 1.807) is 16.6 Å². The van der Waals surface area contributed by atoms with Gasteiger partial charge in [-0.05, 0) is 43.7 Å². The monoisotopic (exact) mass is 493 g/mol. The summed E-state index contributed by atoms with van der Waals surface area (Å²) in [6.45, 7) is 3.10. The maximum Gasteiger partial charge on any atom is 0.221 e. The number of hydrogen-bond acceptors (Lipinski definition) is 6. The van der Waals surface area contributed by atoms with Crippen molar-refractivity contribution in [3.63, 3.8) is 0 Å². The van der Waals surface area contributed by atoms with Gasteiger partial charge in [0.05, 0.1) is 6.26 Å². The van der Waals surface area contributed by atoms with Crippen LogP contribution in [0.2, 0.25) is 0 Å². The highest BCUT2D eigenvalue weighted by atomic mass is 32.2. The highest BCUT2D eigenvalue weighted by Gasteiger charge is 2.40. The highest BCUT2D eigenvalue weighted by molar-refractivity contribution is 7.89. The standard InChI is InChI=1S/C23H31N3O5S2/c1-18-8-10-22(20-6-4-3-5-7-20)33(29,30)26(18)17-19-9-11-23(24-16-19)31-21-12-14-25(15-13-21)32(2,27)28/h3-7,9,11,16,18,21-22H,8,10,12-15,17H2,1-2H3/t18-,22-/m0/s1. The lowest BCUT2D eigenvalue weighted by Crippen LogP contribution is -2.44. The minimum atomic E-state index is -3.49. The Bertz CT molecular complexity index is 1150. The van der Waals surface area contributed by atoms with Gasteiger partial charge in [-0.2, -0.15) is 4.31 Å². The van der Waals surface area contributed by atoms with E-state index in [-0.39, 0.29) is 18.7 Å². The SMILES string of the molecule is C[C@H]1CC[C@@H](c2ccccc2)S(=O)(=O)N1Cc1ccc(OC2CCN(S(C)(=O)=O)CC2)nc1. The number of rotatable bonds is 6. The second kappa shape index (κ2) is 9.69. The number of aromatic nitrogens is 1. The van der Waals surface area contributed by atoms with E-state index in [0.29, 0.717) is 38.2 Å². The quantitative estimate of drug-likeness (QED) is 0.614. The molecular formula is C23H31N3O5S2. The molecule has 2 fully saturated rings. The molecule has 0 bridgehead atoms. The van der Waals surface area contributed by atoms with Crippen molar-refractivity contribution in [1.82, 2.24) is 13.6 Å². The molecule has 0 spiro atoms. The van der Waals surface area contributed by atoms with Crippen molar-refractivity contribution >= 4 is 20.0 Å². The van der Waals surface area contributed by atoms with Crippen molar-refractivity contribution in [2.75, 3.05) is 19.3 Å². The fraction of sp³-hybridized carbons (Fsp3) is 0.522. The Balaban J connectivity index is 1.40. The number of hydrogen-bond donors (Lipinski definition) is 0. The number of ether oxygens (including phenoxy) is 1. The second-order valence-electron chi connectivity index (χ2n) is 8.90. The zero-order valence-electron chi connectivity index (χ0n) is 19.0. The molecule has 2 atom stereocenters. The molecule has 180 valence electrons. The van der Waals surface area contributed by atoms with Crippen LogP contribution in [0.4, 0.5) is 0 Å². The lowest BCUT2D eigenvalue weighted by Gasteiger charge is -2.37. The molecule has 0 radical (unpaired) electrons. The highest BCUT2D eigenvalue weighted by Crippen LogP contribution is 2.38. The van der Waals surface area contributed by atoms with Crippen molar-refractivity contribution in [2.24, 2.45) is 0 Å². The molecule has 0 aliphatic carbocycles. The first kappa shape index (κ1) is 24.1. The molecular weight excluding hydrogens is 462 g/mol. The van der Waals surface area contributed by atoms with Gasteiger partial charge in [-0.3, -0.25) is 0 Å². The average Bonchev–Trinajstić information content (AvgIpc) is 2.78. The Labute approximate surface area is 196 Å². The van der Waals surface area contributed by atoms with Gasteiger partial charge in [0.15, 0.2) is 0 Å². The summed E-state index contributed by atoms with van der Waals surface area (Å²) in [6.07, 6.45) is 5.44. The van der Waals surface area contributed by atoms with Gasteiger partial charge in [-0.25, -0.2) is 26.1 Å². The van der Waals surface area contributed by atoms with Crippen molar-refractivity contribution in [2.45, 2.75) is 56.5 Å². The molecule has 1 aromatic carbocycles. The number of benzene rings is 1. The van der Waals surface area contributed by atoms with Gasteiger partial charge in [0, 0.05) is 37.9 Å². The van der Waals surface area contributed by atoms with Crippen LogP contribution in [0.5, 0.6) is 5.88 Å². The molecule has 10 heteroatoms. The number of pyridine rings is 1. The van der Waals surface area contributed by atoms with Gasteiger partial charge >= 0.3 is 0 Å². The van der Waals surface area contributed by atoms with Gasteiger partial charge in [0.25, 0.3) is 0 Å². The van der Waals surface area contributed by atoms with E-state index in [4.69, 9.17) is 4.74 Å². The normalized spacial score (nSPS) is 25.0. The molecule has 2 aliphatic heterocycles. The van der Waals surface area contributed by atoms with Gasteiger partial charge < -0.3 is 4.74 Å². The van der Waals surface area contributed by atoms with E-state index in [0.717, 1.165) is 17.5 Å². The Morgan fingerprint density at radius 2 is 1.73 bits per heavy atom. The second-order valence-corrected chi connectivity index (χ2v) is 13.0. The molecule has 8 nitrogen and oxygen atoms in total. The third kappa shape index (κ3) is 5.56. The Kier molecular flexibility index (Phi) is 7.09. The van der Waals surface area contributed by atoms with E-state index >= 15 is 0 Å². The molecule has 4 rings (SSSR count). The zero-order valence-corrected chi connectivity index (χ0v) is 20.6. The molecule has 2 saturated heterocycles. The maximum atomic E-state index is 13.4. The van der Waals surface area contributed by atoms with Crippen molar-refractivity contribution < 1.29 is 21.6 Å². The number of piperidine rings is 1. The Hall–Kier alpha value is -2.01. The molecule has 0 amide bonds. The van der Waals surface area contributed by atoms with Crippen LogP contribution in [0, 0.1) is 0 Å². The summed E-state index contributed by atoms with van der Waals surface area (Å²) in [6, 6.07) is 12.9. The van der Waals surface area contributed by atoms with Crippen LogP contribution in [0.1, 0.15) is 49.0 Å². The number of nitrogens with zero attached hydrogens (tertiary/aromatic N) is 3. The van der Waals surface area contributed by atoms with Crippen LogP contribution in [0.15, 0.2) is 48.7 Å². The molecule has 3 heterocycles. The lowest BCUT2D eigenvalue weighted by atomic mass is 10.0. The average molecular weight is 494 g/mol. The fourth-order valence-corrected chi connectivity index (χ4v) is 7.63. The van der Waals surface area contributed by atoms with E-state index in [1.165, 1.54) is 10.6 Å². The minimum Gasteiger partial charge on any atom is -0.474 e. The summed E-state index contributed by atoms with van der Waals surface area (Å²) >= 11 is 0. The molecule has 0 N–H and O–H groups in total. The first-order valence-electron chi connectivity index (χ1n) is 11.3. The summed E-state index contributed by atoms with van der Waals surface area (Å²) in [5.41, 5.74) is 1.64. The van der Waals surface area contributed by atoms with Crippen molar-refractivity contribution in [3.05, 3.63) is 59.8 Å². The Morgan fingerprint density at radius 3 is 2.33 bits per heavy atom. The Morgan fingerprint density at radius 1 is 1.03 bits per heavy atom. The summed E-state index contributed by atoms with van der Waals surface area (Å²) in [4.78, 5) is 4.38. The first-order chi connectivity index (χ1) is 15.6. The van der Waals surface area contributed by atoms with Crippen LogP contribution in [-0.4, -0.2) is 61.9 Å². The zero-order chi connectivity index (χ0) is 23.6. The van der Waals surface area contributed by atoms with E-state index in [1.807, 2.05) is 43.3 Å². The van der Waals surface area contributed by atoms with Crippen LogP contribution >= 0.6 is 0 Å². The van der Waals surface area contributed by atoms with Gasteiger partial charge in [0.2, 0.25) is 25.9 Å². The molecule has 2 aromatic rings. The molecule has 0 saturated carbocycles. The smallest absolute Gasteiger partial charge is 0.221 e. The van der Waals surface area contributed by atoms with Gasteiger partial charge in [-0.15, -0.1) is 0 Å². The van der Waals surface area contributed by atoms with Gasteiger partial charge in [0.1, 0.15) is 11.4 Å². The van der Waals surface area contributed by atoms with Gasteiger partial charge in [-0.1, -0.05) is 36.4 Å². The molecule has 2 aliphatic rings. The molecule has 33 heavy (non-hydrogen) atoms. The minimum absolute atomic E-state index is 0.0779. The maximum absolute atomic E-state index is 13.4. The van der Waals surface area contributed by atoms with Crippen LogP contribution in [-0.2, 0) is 26.6 Å². The van der Waals surface area contributed by atoms with Crippen molar-refractivity contribution in [3.8, 4) is 5.88 Å². The topological polar surface area (TPSA) is 96.9 Å². The van der Waals surface area contributed by atoms with Crippen LogP contribution < -0.4 is 4.74 Å². The third-order valence-corrected chi connectivity index (χ3v) is 10.2. The molecule has 0 unspecified atom stereocenters. The third-order valence-electron chi connectivity index (χ3n) is 6.49. The first-order valence-corrected chi connectivity index (χ1v) is 14.6. The largest absolute Gasteiger partial charge is 0.474 e. The van der Waals surface area contributed by atoms with Crippen LogP contribution in [0.25, 0.3) is 0 Å². The number of sulfonamides is 2. The predicted octanol–water partition coefficient (Wildman–Crippen LogP) is 2.94. The summed E-state index contributed by atoms with van der Waals surface area (Å²) in [7, 11) is -6.66. The van der Waals surface area contributed by atoms with Crippen LogP contribution in [0.3, 0.4) is 0 Å². The predicted molar refractivity (Wildman–Crippen MR) is 127 cm³/mol. The summed E-state index contributed by atoms with van der Waals surface area (Å²) in [5, 5.41) is -0.525. The van der Waals surface area contributed by atoms with E-state index in [2.05, 4.69) is 4.98 Å². The fourth-order valence-electron chi connectivity index (χ4n) is 4.56. The summed E-state index contributed by atoms with van der Waals surface area (Å²) in [5.74, 6) is 0.466. The molecule has 1 aromatic heterocycles. The van der Waals surface area contributed by atoms with E-state index < -0.39 is 25.3 Å².